The summed E-state index contributed by atoms with van der Waals surface area (Å²) in [5.74, 6) is 0.00301. The molecule has 0 aliphatic rings. The highest BCUT2D eigenvalue weighted by Gasteiger charge is 2.08. The van der Waals surface area contributed by atoms with Crippen LogP contribution >= 0.6 is 15.9 Å². The lowest BCUT2D eigenvalue weighted by Gasteiger charge is -2.10. The predicted molar refractivity (Wildman–Crippen MR) is 87.1 cm³/mol. The molecular weight excluding hydrogens is 314 g/mol. The van der Waals surface area contributed by atoms with E-state index in [0.717, 1.165) is 26.9 Å². The van der Waals surface area contributed by atoms with Crippen molar-refractivity contribution in [2.45, 2.75) is 27.2 Å². The Labute approximate surface area is 128 Å². The Morgan fingerprint density at radius 2 is 1.70 bits per heavy atom. The first kappa shape index (κ1) is 14.8. The molecule has 0 saturated heterocycles. The number of carbonyl (C=O) groups is 1. The van der Waals surface area contributed by atoms with Gasteiger partial charge in [-0.05, 0) is 65.5 Å². The lowest BCUT2D eigenvalue weighted by atomic mass is 10.0. The standard InChI is InChI=1S/C17H18BrNO/c1-11-4-6-13(3)14(8-11)10-17(20)19-16-7-5-12(2)9-15(16)18/h4-9H,10H2,1-3H3,(H,19,20). The van der Waals surface area contributed by atoms with Gasteiger partial charge in [0.25, 0.3) is 0 Å². The van der Waals surface area contributed by atoms with E-state index in [1.807, 2.05) is 39.0 Å². The Kier molecular flexibility index (Phi) is 4.61. The number of hydrogen-bond donors (Lipinski definition) is 1. The molecule has 0 aromatic heterocycles. The zero-order valence-corrected chi connectivity index (χ0v) is 13.5. The molecule has 1 N–H and O–H groups in total. The Hall–Kier alpha value is -1.61. The number of amides is 1. The fraction of sp³-hybridized carbons (Fsp3) is 0.235. The maximum Gasteiger partial charge on any atom is 0.228 e. The van der Waals surface area contributed by atoms with Crippen LogP contribution in [0.4, 0.5) is 5.69 Å². The first-order chi connectivity index (χ1) is 9.45. The highest BCUT2D eigenvalue weighted by atomic mass is 79.9. The highest BCUT2D eigenvalue weighted by molar-refractivity contribution is 9.10. The van der Waals surface area contributed by atoms with Crippen LogP contribution < -0.4 is 5.32 Å². The molecule has 2 nitrogen and oxygen atoms in total. The molecule has 2 aromatic rings. The van der Waals surface area contributed by atoms with Crippen molar-refractivity contribution in [3.05, 3.63) is 63.1 Å². The molecule has 0 radical (unpaired) electrons. The number of rotatable bonds is 3. The van der Waals surface area contributed by atoms with Crippen molar-refractivity contribution in [2.24, 2.45) is 0 Å². The summed E-state index contributed by atoms with van der Waals surface area (Å²) in [4.78, 5) is 12.2. The van der Waals surface area contributed by atoms with Gasteiger partial charge in [-0.2, -0.15) is 0 Å². The maximum atomic E-state index is 12.2. The van der Waals surface area contributed by atoms with Crippen molar-refractivity contribution in [2.75, 3.05) is 5.32 Å². The van der Waals surface area contributed by atoms with E-state index in [-0.39, 0.29) is 5.91 Å². The molecule has 0 aliphatic heterocycles. The van der Waals surface area contributed by atoms with Gasteiger partial charge in [0.1, 0.15) is 0 Å². The Balaban J connectivity index is 2.11. The molecule has 0 aliphatic carbocycles. The molecule has 0 fully saturated rings. The zero-order valence-electron chi connectivity index (χ0n) is 12.0. The fourth-order valence-corrected chi connectivity index (χ4v) is 2.67. The third-order valence-electron chi connectivity index (χ3n) is 3.25. The van der Waals surface area contributed by atoms with Gasteiger partial charge in [0.15, 0.2) is 0 Å². The number of aryl methyl sites for hydroxylation is 3. The van der Waals surface area contributed by atoms with Gasteiger partial charge in [0, 0.05) is 4.47 Å². The minimum atomic E-state index is 0.00301. The van der Waals surface area contributed by atoms with E-state index in [1.54, 1.807) is 0 Å². The topological polar surface area (TPSA) is 29.1 Å². The van der Waals surface area contributed by atoms with Crippen molar-refractivity contribution in [3.63, 3.8) is 0 Å². The third kappa shape index (κ3) is 3.70. The van der Waals surface area contributed by atoms with E-state index < -0.39 is 0 Å². The number of hydrogen-bond acceptors (Lipinski definition) is 1. The minimum Gasteiger partial charge on any atom is -0.325 e. The second kappa shape index (κ2) is 6.23. The second-order valence-corrected chi connectivity index (χ2v) is 5.99. The molecule has 0 heterocycles. The van der Waals surface area contributed by atoms with Crippen molar-refractivity contribution in [3.8, 4) is 0 Å². The van der Waals surface area contributed by atoms with Crippen LogP contribution in [0.3, 0.4) is 0 Å². The Morgan fingerprint density at radius 3 is 2.40 bits per heavy atom. The molecule has 0 bridgehead atoms. The summed E-state index contributed by atoms with van der Waals surface area (Å²) in [6.07, 6.45) is 0.397. The van der Waals surface area contributed by atoms with Crippen LogP contribution in [0.15, 0.2) is 40.9 Å². The van der Waals surface area contributed by atoms with Gasteiger partial charge in [-0.3, -0.25) is 4.79 Å². The summed E-state index contributed by atoms with van der Waals surface area (Å²) in [5, 5.41) is 2.95. The average Bonchev–Trinajstić information content (AvgIpc) is 2.37. The van der Waals surface area contributed by atoms with Gasteiger partial charge >= 0.3 is 0 Å². The SMILES string of the molecule is Cc1ccc(NC(=O)Cc2cc(C)ccc2C)c(Br)c1. The van der Waals surface area contributed by atoms with Crippen LogP contribution in [0.2, 0.25) is 0 Å². The summed E-state index contributed by atoms with van der Waals surface area (Å²) < 4.78 is 0.909. The van der Waals surface area contributed by atoms with Gasteiger partial charge in [0.2, 0.25) is 5.91 Å². The van der Waals surface area contributed by atoms with E-state index in [1.165, 1.54) is 5.56 Å². The molecule has 104 valence electrons. The minimum absolute atomic E-state index is 0.00301. The lowest BCUT2D eigenvalue weighted by molar-refractivity contribution is -0.115. The monoisotopic (exact) mass is 331 g/mol. The number of anilines is 1. The van der Waals surface area contributed by atoms with E-state index >= 15 is 0 Å². The molecule has 0 saturated carbocycles. The maximum absolute atomic E-state index is 12.2. The molecule has 2 aromatic carbocycles. The van der Waals surface area contributed by atoms with E-state index in [0.29, 0.717) is 6.42 Å². The molecule has 20 heavy (non-hydrogen) atoms. The van der Waals surface area contributed by atoms with Crippen LogP contribution in [-0.4, -0.2) is 5.91 Å². The summed E-state index contributed by atoms with van der Waals surface area (Å²) in [7, 11) is 0. The number of nitrogens with one attached hydrogen (secondary N) is 1. The highest BCUT2D eigenvalue weighted by Crippen LogP contribution is 2.23. The van der Waals surface area contributed by atoms with Crippen molar-refractivity contribution < 1.29 is 4.79 Å². The molecule has 3 heteroatoms. The van der Waals surface area contributed by atoms with Crippen LogP contribution in [-0.2, 0) is 11.2 Å². The summed E-state index contributed by atoms with van der Waals surface area (Å²) >= 11 is 3.47. The summed E-state index contributed by atoms with van der Waals surface area (Å²) in [6.45, 7) is 6.09. The Morgan fingerprint density at radius 1 is 1.05 bits per heavy atom. The van der Waals surface area contributed by atoms with Crippen LogP contribution in [0.5, 0.6) is 0 Å². The van der Waals surface area contributed by atoms with Crippen molar-refractivity contribution >= 4 is 27.5 Å². The largest absolute Gasteiger partial charge is 0.325 e. The zero-order chi connectivity index (χ0) is 14.7. The van der Waals surface area contributed by atoms with Gasteiger partial charge in [0.05, 0.1) is 12.1 Å². The molecule has 0 atom stereocenters. The molecule has 2 rings (SSSR count). The van der Waals surface area contributed by atoms with Crippen molar-refractivity contribution in [1.82, 2.24) is 0 Å². The molecule has 0 spiro atoms. The van der Waals surface area contributed by atoms with Gasteiger partial charge < -0.3 is 5.32 Å². The van der Waals surface area contributed by atoms with E-state index in [4.69, 9.17) is 0 Å². The normalized spacial score (nSPS) is 10.4. The van der Waals surface area contributed by atoms with E-state index in [9.17, 15) is 4.79 Å². The van der Waals surface area contributed by atoms with Crippen LogP contribution in [0, 0.1) is 20.8 Å². The van der Waals surface area contributed by atoms with E-state index in [2.05, 4.69) is 39.4 Å². The summed E-state index contributed by atoms with van der Waals surface area (Å²) in [5.41, 5.74) is 5.37. The second-order valence-electron chi connectivity index (χ2n) is 5.14. The lowest BCUT2D eigenvalue weighted by Crippen LogP contribution is -2.15. The molecular formula is C17H18BrNO. The predicted octanol–water partition coefficient (Wildman–Crippen LogP) is 4.56. The van der Waals surface area contributed by atoms with Gasteiger partial charge in [-0.25, -0.2) is 0 Å². The first-order valence-electron chi connectivity index (χ1n) is 6.58. The summed E-state index contributed by atoms with van der Waals surface area (Å²) in [6, 6.07) is 12.1. The van der Waals surface area contributed by atoms with Gasteiger partial charge in [-0.1, -0.05) is 29.8 Å². The average molecular weight is 332 g/mol. The fourth-order valence-electron chi connectivity index (χ4n) is 2.08. The van der Waals surface area contributed by atoms with Crippen molar-refractivity contribution in [1.29, 1.82) is 0 Å². The quantitative estimate of drug-likeness (QED) is 0.877. The van der Waals surface area contributed by atoms with Gasteiger partial charge in [-0.15, -0.1) is 0 Å². The molecule has 1 amide bonds. The number of benzene rings is 2. The first-order valence-corrected chi connectivity index (χ1v) is 7.37. The Bertz CT molecular complexity index is 649. The number of halogens is 1. The smallest absolute Gasteiger partial charge is 0.228 e. The van der Waals surface area contributed by atoms with Crippen LogP contribution in [0.25, 0.3) is 0 Å². The number of carbonyl (C=O) groups excluding carboxylic acids is 1. The third-order valence-corrected chi connectivity index (χ3v) is 3.91. The van der Waals surface area contributed by atoms with Crippen LogP contribution in [0.1, 0.15) is 22.3 Å². The molecule has 0 unspecified atom stereocenters.